The third-order valence-corrected chi connectivity index (χ3v) is 3.31. The molecule has 19 heavy (non-hydrogen) atoms. The van der Waals surface area contributed by atoms with Gasteiger partial charge in [0.05, 0.1) is 4.47 Å². The molecule has 0 N–H and O–H groups in total. The summed E-state index contributed by atoms with van der Waals surface area (Å²) >= 11 is 9.36. The Kier molecular flexibility index (Phi) is 4.80. The Morgan fingerprint density at radius 3 is 2.74 bits per heavy atom. The van der Waals surface area contributed by atoms with E-state index >= 15 is 0 Å². The van der Waals surface area contributed by atoms with Gasteiger partial charge >= 0.3 is 0 Å². The van der Waals surface area contributed by atoms with Gasteiger partial charge in [-0.05, 0) is 54.3 Å². The number of hydrogen-bond donors (Lipinski definition) is 0. The minimum absolute atomic E-state index is 0.669. The second-order valence-corrected chi connectivity index (χ2v) is 5.69. The van der Waals surface area contributed by atoms with E-state index < -0.39 is 0 Å². The molecule has 0 unspecified atom stereocenters. The first-order valence-corrected chi connectivity index (χ1v) is 6.94. The number of hydrogen-bond acceptors (Lipinski definition) is 3. The number of ether oxygens (including phenoxy) is 1. The highest BCUT2D eigenvalue weighted by atomic mass is 79.9. The zero-order valence-corrected chi connectivity index (χ0v) is 13.1. The first-order chi connectivity index (χ1) is 9.06. The zero-order chi connectivity index (χ0) is 13.8. The van der Waals surface area contributed by atoms with Gasteiger partial charge in [-0.3, -0.25) is 4.98 Å². The van der Waals surface area contributed by atoms with E-state index in [9.17, 15) is 0 Å². The van der Waals surface area contributed by atoms with E-state index in [-0.39, 0.29) is 0 Å². The van der Waals surface area contributed by atoms with Crippen LogP contribution in [0.1, 0.15) is 5.56 Å². The summed E-state index contributed by atoms with van der Waals surface area (Å²) in [5.41, 5.74) is 1.04. The Hall–Kier alpha value is -1.10. The lowest BCUT2D eigenvalue weighted by molar-refractivity contribution is 0.387. The molecule has 0 aliphatic heterocycles. The van der Waals surface area contributed by atoms with E-state index in [2.05, 4.69) is 25.8 Å². The molecule has 0 amide bonds. The average Bonchev–Trinajstić information content (AvgIpc) is 2.34. The van der Waals surface area contributed by atoms with E-state index in [4.69, 9.17) is 16.3 Å². The molecule has 0 saturated carbocycles. The quantitative estimate of drug-likeness (QED) is 0.826. The largest absolute Gasteiger partial charge is 0.456 e. The van der Waals surface area contributed by atoms with Gasteiger partial charge in [0.1, 0.15) is 11.5 Å². The van der Waals surface area contributed by atoms with Gasteiger partial charge in [-0.2, -0.15) is 0 Å². The zero-order valence-electron chi connectivity index (χ0n) is 10.7. The Labute approximate surface area is 126 Å². The van der Waals surface area contributed by atoms with Crippen LogP contribution in [-0.4, -0.2) is 24.0 Å². The number of halogens is 2. The van der Waals surface area contributed by atoms with E-state index in [1.54, 1.807) is 12.3 Å². The number of pyridine rings is 1. The molecule has 1 heterocycles. The van der Waals surface area contributed by atoms with Crippen molar-refractivity contribution >= 4 is 27.5 Å². The Balaban J connectivity index is 2.27. The van der Waals surface area contributed by atoms with Gasteiger partial charge in [-0.25, -0.2) is 0 Å². The van der Waals surface area contributed by atoms with Crippen molar-refractivity contribution in [3.05, 3.63) is 51.7 Å². The average molecular weight is 342 g/mol. The van der Waals surface area contributed by atoms with Crippen LogP contribution in [0.25, 0.3) is 0 Å². The molecule has 5 heteroatoms. The van der Waals surface area contributed by atoms with Crippen molar-refractivity contribution < 1.29 is 4.74 Å². The molecule has 0 saturated heterocycles. The lowest BCUT2D eigenvalue weighted by atomic mass is 10.2. The minimum Gasteiger partial charge on any atom is -0.456 e. The molecular formula is C14H14BrClN2O. The van der Waals surface area contributed by atoms with Crippen LogP contribution in [0.5, 0.6) is 11.5 Å². The van der Waals surface area contributed by atoms with Gasteiger partial charge in [-0.15, -0.1) is 0 Å². The Morgan fingerprint density at radius 1 is 1.26 bits per heavy atom. The van der Waals surface area contributed by atoms with Crippen LogP contribution in [0, 0.1) is 0 Å². The molecule has 3 nitrogen and oxygen atoms in total. The summed E-state index contributed by atoms with van der Waals surface area (Å²) in [6.07, 6.45) is 3.54. The molecular weight excluding hydrogens is 328 g/mol. The van der Waals surface area contributed by atoms with E-state index in [0.29, 0.717) is 5.02 Å². The topological polar surface area (TPSA) is 25.4 Å². The van der Waals surface area contributed by atoms with Crippen molar-refractivity contribution in [3.63, 3.8) is 0 Å². The predicted molar refractivity (Wildman–Crippen MR) is 80.9 cm³/mol. The maximum Gasteiger partial charge on any atom is 0.141 e. The normalized spacial score (nSPS) is 10.8. The van der Waals surface area contributed by atoms with Gasteiger partial charge < -0.3 is 9.64 Å². The molecule has 100 valence electrons. The summed E-state index contributed by atoms with van der Waals surface area (Å²) in [5.74, 6) is 1.53. The third kappa shape index (κ3) is 3.93. The van der Waals surface area contributed by atoms with Crippen LogP contribution in [-0.2, 0) is 6.54 Å². The molecule has 0 atom stereocenters. The van der Waals surface area contributed by atoms with E-state index in [1.807, 2.05) is 38.5 Å². The van der Waals surface area contributed by atoms with Crippen molar-refractivity contribution in [2.24, 2.45) is 0 Å². The number of aromatic nitrogens is 1. The van der Waals surface area contributed by atoms with Crippen molar-refractivity contribution in [2.75, 3.05) is 14.1 Å². The van der Waals surface area contributed by atoms with Gasteiger partial charge in [0, 0.05) is 29.5 Å². The van der Waals surface area contributed by atoms with Crippen molar-refractivity contribution in [3.8, 4) is 11.5 Å². The first-order valence-electron chi connectivity index (χ1n) is 5.77. The molecule has 1 aromatic heterocycles. The van der Waals surface area contributed by atoms with Gasteiger partial charge in [0.2, 0.25) is 0 Å². The lowest BCUT2D eigenvalue weighted by Gasteiger charge is -2.15. The van der Waals surface area contributed by atoms with Crippen molar-refractivity contribution in [1.82, 2.24) is 9.88 Å². The number of benzene rings is 1. The molecule has 0 aliphatic rings. The molecule has 2 rings (SSSR count). The predicted octanol–water partition coefficient (Wildman–Crippen LogP) is 4.35. The second kappa shape index (κ2) is 6.37. The maximum atomic E-state index is 5.92. The molecule has 0 spiro atoms. The molecule has 2 aromatic rings. The maximum absolute atomic E-state index is 5.92. The summed E-state index contributed by atoms with van der Waals surface area (Å²) < 4.78 is 6.75. The minimum atomic E-state index is 0.669. The number of rotatable bonds is 4. The summed E-state index contributed by atoms with van der Waals surface area (Å²) in [5, 5.41) is 0.669. The third-order valence-electron chi connectivity index (χ3n) is 2.46. The summed E-state index contributed by atoms with van der Waals surface area (Å²) in [6.45, 7) is 0.772. The lowest BCUT2D eigenvalue weighted by Crippen LogP contribution is -2.11. The highest BCUT2D eigenvalue weighted by Gasteiger charge is 2.08. The molecule has 0 radical (unpaired) electrons. The second-order valence-electron chi connectivity index (χ2n) is 4.40. The fourth-order valence-corrected chi connectivity index (χ4v) is 2.41. The summed E-state index contributed by atoms with van der Waals surface area (Å²) in [7, 11) is 4.02. The Bertz CT molecular complexity index is 575. The summed E-state index contributed by atoms with van der Waals surface area (Å²) in [6, 6.07) is 7.31. The smallest absolute Gasteiger partial charge is 0.141 e. The highest BCUT2D eigenvalue weighted by Crippen LogP contribution is 2.33. The van der Waals surface area contributed by atoms with Gasteiger partial charge in [0.25, 0.3) is 0 Å². The molecule has 0 aliphatic carbocycles. The highest BCUT2D eigenvalue weighted by molar-refractivity contribution is 9.10. The van der Waals surface area contributed by atoms with E-state index in [1.165, 1.54) is 0 Å². The van der Waals surface area contributed by atoms with Crippen LogP contribution in [0.4, 0.5) is 0 Å². The van der Waals surface area contributed by atoms with Crippen molar-refractivity contribution in [2.45, 2.75) is 6.54 Å². The van der Waals surface area contributed by atoms with Crippen LogP contribution >= 0.6 is 27.5 Å². The first kappa shape index (κ1) is 14.3. The SMILES string of the molecule is CN(C)Cc1cnccc1Oc1ccc(Cl)cc1Br. The van der Waals surface area contributed by atoms with Crippen molar-refractivity contribution in [1.29, 1.82) is 0 Å². The van der Waals surface area contributed by atoms with Crippen LogP contribution < -0.4 is 4.74 Å². The van der Waals surface area contributed by atoms with Crippen LogP contribution in [0.3, 0.4) is 0 Å². The van der Waals surface area contributed by atoms with Crippen LogP contribution in [0.15, 0.2) is 41.1 Å². The Morgan fingerprint density at radius 2 is 2.05 bits per heavy atom. The number of nitrogens with zero attached hydrogens (tertiary/aromatic N) is 2. The van der Waals surface area contributed by atoms with Gasteiger partial charge in [-0.1, -0.05) is 11.6 Å². The van der Waals surface area contributed by atoms with Crippen LogP contribution in [0.2, 0.25) is 5.02 Å². The summed E-state index contributed by atoms with van der Waals surface area (Å²) in [4.78, 5) is 6.21. The molecule has 0 fully saturated rings. The fourth-order valence-electron chi connectivity index (χ4n) is 1.65. The van der Waals surface area contributed by atoms with E-state index in [0.717, 1.165) is 28.1 Å². The standard InChI is InChI=1S/C14H14BrClN2O/c1-18(2)9-10-8-17-6-5-13(10)19-14-4-3-11(16)7-12(14)15/h3-8H,9H2,1-2H3. The van der Waals surface area contributed by atoms with Gasteiger partial charge in [0.15, 0.2) is 0 Å². The monoisotopic (exact) mass is 340 g/mol. The fraction of sp³-hybridized carbons (Fsp3) is 0.214. The molecule has 1 aromatic carbocycles. The molecule has 0 bridgehead atoms.